The molecule has 0 saturated heterocycles. The van der Waals surface area contributed by atoms with Gasteiger partial charge in [-0.1, -0.05) is 6.07 Å². The summed E-state index contributed by atoms with van der Waals surface area (Å²) in [5.41, 5.74) is 13.1. The fraction of sp³-hybridized carbons (Fsp3) is 0.300. The van der Waals surface area contributed by atoms with Crippen molar-refractivity contribution in [3.8, 4) is 0 Å². The van der Waals surface area contributed by atoms with E-state index in [4.69, 9.17) is 11.5 Å². The van der Waals surface area contributed by atoms with Crippen LogP contribution >= 0.6 is 0 Å². The molecular weight excluding hydrogens is 180 g/mol. The summed E-state index contributed by atoms with van der Waals surface area (Å²) in [6.07, 6.45) is 0. The molecule has 0 aliphatic rings. The van der Waals surface area contributed by atoms with Crippen LogP contribution in [-0.4, -0.2) is 13.1 Å². The van der Waals surface area contributed by atoms with Crippen LogP contribution in [0, 0.1) is 0 Å². The Kier molecular flexibility index (Phi) is 2.96. The van der Waals surface area contributed by atoms with Gasteiger partial charge in [-0.25, -0.2) is 0 Å². The van der Waals surface area contributed by atoms with Gasteiger partial charge in [0.25, 0.3) is 0 Å². The summed E-state index contributed by atoms with van der Waals surface area (Å²) in [5.74, 6) is -0.665. The van der Waals surface area contributed by atoms with Crippen molar-refractivity contribution in [3.63, 3.8) is 0 Å². The zero-order chi connectivity index (χ0) is 10.7. The highest BCUT2D eigenvalue weighted by Crippen LogP contribution is 2.24. The van der Waals surface area contributed by atoms with Crippen molar-refractivity contribution in [2.45, 2.75) is 12.8 Å². The van der Waals surface area contributed by atoms with Crippen LogP contribution in [0.25, 0.3) is 0 Å². The maximum Gasteiger partial charge on any atom is 0.312 e. The van der Waals surface area contributed by atoms with E-state index < -0.39 is 0 Å². The maximum absolute atomic E-state index is 11.2. The van der Waals surface area contributed by atoms with Gasteiger partial charge < -0.3 is 16.2 Å². The van der Waals surface area contributed by atoms with Crippen LogP contribution in [0.4, 0.5) is 11.4 Å². The number of esters is 1. The van der Waals surface area contributed by atoms with Gasteiger partial charge in [0.2, 0.25) is 0 Å². The molecule has 1 rings (SSSR count). The van der Waals surface area contributed by atoms with Crippen molar-refractivity contribution in [2.24, 2.45) is 0 Å². The first-order valence-corrected chi connectivity index (χ1v) is 4.29. The number of hydrogen-bond donors (Lipinski definition) is 2. The highest BCUT2D eigenvalue weighted by atomic mass is 16.5. The van der Waals surface area contributed by atoms with Crippen LogP contribution in [-0.2, 0) is 9.53 Å². The van der Waals surface area contributed by atoms with Crippen LogP contribution < -0.4 is 11.5 Å². The van der Waals surface area contributed by atoms with Crippen LogP contribution in [0.1, 0.15) is 18.4 Å². The molecule has 0 fully saturated rings. The number of nitrogens with two attached hydrogens (primary N) is 2. The lowest BCUT2D eigenvalue weighted by molar-refractivity contribution is -0.141. The summed E-state index contributed by atoms with van der Waals surface area (Å²) in [5, 5.41) is 0. The van der Waals surface area contributed by atoms with E-state index in [1.165, 1.54) is 7.11 Å². The molecule has 4 heteroatoms. The normalized spacial score (nSPS) is 12.1. The highest BCUT2D eigenvalue weighted by Gasteiger charge is 2.17. The van der Waals surface area contributed by atoms with Crippen LogP contribution in [0.2, 0.25) is 0 Å². The van der Waals surface area contributed by atoms with Crippen LogP contribution in [0.15, 0.2) is 18.2 Å². The average molecular weight is 194 g/mol. The number of carbonyl (C=O) groups is 1. The maximum atomic E-state index is 11.2. The third-order valence-corrected chi connectivity index (χ3v) is 2.13. The third kappa shape index (κ3) is 1.96. The van der Waals surface area contributed by atoms with E-state index in [0.717, 1.165) is 5.56 Å². The molecular formula is C10H14N2O2. The Hall–Kier alpha value is -1.71. The fourth-order valence-corrected chi connectivity index (χ4v) is 1.29. The summed E-state index contributed by atoms with van der Waals surface area (Å²) in [7, 11) is 1.35. The van der Waals surface area contributed by atoms with Gasteiger partial charge in [0.05, 0.1) is 13.0 Å². The number of carbonyl (C=O) groups excluding carboxylic acids is 1. The molecule has 76 valence electrons. The minimum Gasteiger partial charge on any atom is -0.469 e. The number of methoxy groups -OCH3 is 1. The Balaban J connectivity index is 3.01. The number of benzene rings is 1. The Labute approximate surface area is 82.8 Å². The van der Waals surface area contributed by atoms with Gasteiger partial charge in [0.15, 0.2) is 0 Å². The van der Waals surface area contributed by atoms with Crippen molar-refractivity contribution < 1.29 is 9.53 Å². The molecule has 1 atom stereocenters. The SMILES string of the molecule is COC(=O)C(C)c1ccc(N)cc1N. The minimum atomic E-state index is -0.361. The van der Waals surface area contributed by atoms with Crippen molar-refractivity contribution in [1.29, 1.82) is 0 Å². The molecule has 0 spiro atoms. The summed E-state index contributed by atoms with van der Waals surface area (Å²) in [6, 6.07) is 5.09. The zero-order valence-electron chi connectivity index (χ0n) is 8.28. The lowest BCUT2D eigenvalue weighted by Crippen LogP contribution is -2.12. The molecule has 0 heterocycles. The van der Waals surface area contributed by atoms with Crippen LogP contribution in [0.5, 0.6) is 0 Å². The number of nitrogen functional groups attached to an aromatic ring is 2. The van der Waals surface area contributed by atoms with Gasteiger partial charge in [-0.3, -0.25) is 4.79 Å². The quantitative estimate of drug-likeness (QED) is 0.546. The standard InChI is InChI=1S/C10H14N2O2/c1-6(10(13)14-2)8-4-3-7(11)5-9(8)12/h3-6H,11-12H2,1-2H3. The molecule has 0 aromatic heterocycles. The van der Waals surface area contributed by atoms with E-state index in [0.29, 0.717) is 11.4 Å². The highest BCUT2D eigenvalue weighted by molar-refractivity contribution is 5.80. The summed E-state index contributed by atoms with van der Waals surface area (Å²) < 4.78 is 4.63. The van der Waals surface area contributed by atoms with Gasteiger partial charge in [-0.05, 0) is 24.6 Å². The fourth-order valence-electron chi connectivity index (χ4n) is 1.29. The molecule has 14 heavy (non-hydrogen) atoms. The predicted octanol–water partition coefficient (Wildman–Crippen LogP) is 1.13. The first kappa shape index (κ1) is 10.4. The lowest BCUT2D eigenvalue weighted by atomic mass is 9.99. The number of hydrogen-bond acceptors (Lipinski definition) is 4. The zero-order valence-corrected chi connectivity index (χ0v) is 8.28. The number of ether oxygens (including phenoxy) is 1. The summed E-state index contributed by atoms with van der Waals surface area (Å²) in [6.45, 7) is 1.74. The Morgan fingerprint density at radius 1 is 1.43 bits per heavy atom. The second-order valence-electron chi connectivity index (χ2n) is 3.13. The van der Waals surface area contributed by atoms with Gasteiger partial charge in [0, 0.05) is 11.4 Å². The topological polar surface area (TPSA) is 78.3 Å². The average Bonchev–Trinajstić information content (AvgIpc) is 2.15. The second-order valence-corrected chi connectivity index (χ2v) is 3.13. The van der Waals surface area contributed by atoms with Gasteiger partial charge in [-0.2, -0.15) is 0 Å². The largest absolute Gasteiger partial charge is 0.469 e. The molecule has 0 bridgehead atoms. The van der Waals surface area contributed by atoms with E-state index in [1.807, 2.05) is 0 Å². The molecule has 0 aliphatic carbocycles. The molecule has 4 nitrogen and oxygen atoms in total. The molecule has 0 saturated carbocycles. The molecule has 1 unspecified atom stereocenters. The van der Waals surface area contributed by atoms with Gasteiger partial charge in [-0.15, -0.1) is 0 Å². The molecule has 1 aromatic carbocycles. The molecule has 0 radical (unpaired) electrons. The van der Waals surface area contributed by atoms with E-state index in [2.05, 4.69) is 4.74 Å². The van der Waals surface area contributed by atoms with Gasteiger partial charge >= 0.3 is 5.97 Å². The Morgan fingerprint density at radius 2 is 2.07 bits per heavy atom. The lowest BCUT2D eigenvalue weighted by Gasteiger charge is -2.12. The predicted molar refractivity (Wildman–Crippen MR) is 55.7 cm³/mol. The van der Waals surface area contributed by atoms with E-state index >= 15 is 0 Å². The first-order chi connectivity index (χ1) is 6.56. The summed E-state index contributed by atoms with van der Waals surface area (Å²) >= 11 is 0. The first-order valence-electron chi connectivity index (χ1n) is 4.29. The smallest absolute Gasteiger partial charge is 0.312 e. The molecule has 4 N–H and O–H groups in total. The van der Waals surface area contributed by atoms with E-state index in [-0.39, 0.29) is 11.9 Å². The molecule has 0 aliphatic heterocycles. The van der Waals surface area contributed by atoms with Crippen molar-refractivity contribution in [2.75, 3.05) is 18.6 Å². The second kappa shape index (κ2) is 4.00. The Morgan fingerprint density at radius 3 is 2.57 bits per heavy atom. The minimum absolute atomic E-state index is 0.304. The summed E-state index contributed by atoms with van der Waals surface area (Å²) in [4.78, 5) is 11.2. The van der Waals surface area contributed by atoms with Crippen molar-refractivity contribution in [3.05, 3.63) is 23.8 Å². The van der Waals surface area contributed by atoms with E-state index in [1.54, 1.807) is 25.1 Å². The molecule has 1 aromatic rings. The van der Waals surface area contributed by atoms with Crippen LogP contribution in [0.3, 0.4) is 0 Å². The van der Waals surface area contributed by atoms with E-state index in [9.17, 15) is 4.79 Å². The molecule has 0 amide bonds. The van der Waals surface area contributed by atoms with Crippen molar-refractivity contribution >= 4 is 17.3 Å². The number of anilines is 2. The van der Waals surface area contributed by atoms with Crippen molar-refractivity contribution in [1.82, 2.24) is 0 Å². The third-order valence-electron chi connectivity index (χ3n) is 2.13. The van der Waals surface area contributed by atoms with Gasteiger partial charge in [0.1, 0.15) is 0 Å². The monoisotopic (exact) mass is 194 g/mol. The Bertz CT molecular complexity index is 350. The number of rotatable bonds is 2.